The molecule has 2 aromatic rings. The molecule has 1 aliphatic rings. The zero-order chi connectivity index (χ0) is 13.1. The number of aliphatic hydroxyl groups is 1. The van der Waals surface area contributed by atoms with E-state index in [1.165, 1.54) is 17.5 Å². The molecule has 2 atom stereocenters. The molecule has 0 amide bonds. The van der Waals surface area contributed by atoms with Crippen LogP contribution < -0.4 is 0 Å². The highest BCUT2D eigenvalue weighted by Crippen LogP contribution is 2.42. The SMILES string of the molecule is OCC[C@H]1C[C@H]1/C=C/c1ccccc1-c1ccoc1. The quantitative estimate of drug-likeness (QED) is 0.875. The zero-order valence-corrected chi connectivity index (χ0v) is 10.8. The fourth-order valence-electron chi connectivity index (χ4n) is 2.55. The molecule has 1 aromatic carbocycles. The average Bonchev–Trinajstić information content (AvgIpc) is 2.96. The van der Waals surface area contributed by atoms with Crippen LogP contribution in [-0.4, -0.2) is 11.7 Å². The third-order valence-electron chi connectivity index (χ3n) is 3.79. The highest BCUT2D eigenvalue weighted by atomic mass is 16.3. The van der Waals surface area contributed by atoms with Gasteiger partial charge in [-0.1, -0.05) is 36.4 Å². The van der Waals surface area contributed by atoms with E-state index >= 15 is 0 Å². The van der Waals surface area contributed by atoms with Crippen LogP contribution in [0.2, 0.25) is 0 Å². The number of hydrogen-bond donors (Lipinski definition) is 1. The molecule has 0 aliphatic heterocycles. The molecule has 2 nitrogen and oxygen atoms in total. The Morgan fingerprint density at radius 1 is 1.26 bits per heavy atom. The second kappa shape index (κ2) is 5.45. The highest BCUT2D eigenvalue weighted by Gasteiger charge is 2.33. The van der Waals surface area contributed by atoms with Gasteiger partial charge >= 0.3 is 0 Å². The molecule has 2 heteroatoms. The van der Waals surface area contributed by atoms with Crippen LogP contribution in [0.15, 0.2) is 53.4 Å². The summed E-state index contributed by atoms with van der Waals surface area (Å²) in [7, 11) is 0. The molecule has 1 aliphatic carbocycles. The lowest BCUT2D eigenvalue weighted by Gasteiger charge is -2.02. The molecule has 0 bridgehead atoms. The number of rotatable bonds is 5. The minimum Gasteiger partial charge on any atom is -0.472 e. The maximum absolute atomic E-state index is 8.91. The molecule has 0 spiro atoms. The van der Waals surface area contributed by atoms with Crippen molar-refractivity contribution in [1.29, 1.82) is 0 Å². The van der Waals surface area contributed by atoms with Gasteiger partial charge in [0.2, 0.25) is 0 Å². The van der Waals surface area contributed by atoms with Crippen LogP contribution >= 0.6 is 0 Å². The first-order valence-electron chi connectivity index (χ1n) is 6.79. The number of allylic oxidation sites excluding steroid dienone is 1. The molecular formula is C17H18O2. The predicted octanol–water partition coefficient (Wildman–Crippen LogP) is 3.98. The molecule has 98 valence electrons. The number of benzene rings is 1. The third kappa shape index (κ3) is 2.79. The third-order valence-corrected chi connectivity index (χ3v) is 3.79. The molecule has 3 rings (SSSR count). The van der Waals surface area contributed by atoms with E-state index in [4.69, 9.17) is 9.52 Å². The Morgan fingerprint density at radius 3 is 2.95 bits per heavy atom. The van der Waals surface area contributed by atoms with Gasteiger partial charge in [0, 0.05) is 12.2 Å². The van der Waals surface area contributed by atoms with E-state index in [-0.39, 0.29) is 0 Å². The normalized spacial score (nSPS) is 21.9. The van der Waals surface area contributed by atoms with Crippen molar-refractivity contribution >= 4 is 6.08 Å². The Bertz CT molecular complexity index is 554. The Morgan fingerprint density at radius 2 is 2.16 bits per heavy atom. The van der Waals surface area contributed by atoms with Crippen molar-refractivity contribution in [2.75, 3.05) is 6.61 Å². The van der Waals surface area contributed by atoms with E-state index in [0.717, 1.165) is 12.0 Å². The first-order chi connectivity index (χ1) is 9.38. The lowest BCUT2D eigenvalue weighted by molar-refractivity contribution is 0.278. The van der Waals surface area contributed by atoms with Crippen molar-refractivity contribution in [2.24, 2.45) is 11.8 Å². The summed E-state index contributed by atoms with van der Waals surface area (Å²) in [6.45, 7) is 0.306. The Kier molecular flexibility index (Phi) is 3.51. The number of hydrogen-bond acceptors (Lipinski definition) is 2. The lowest BCUT2D eigenvalue weighted by atomic mass is 10.0. The Hall–Kier alpha value is -1.80. The van der Waals surface area contributed by atoms with E-state index in [1.54, 1.807) is 12.5 Å². The van der Waals surface area contributed by atoms with Gasteiger partial charge in [-0.15, -0.1) is 0 Å². The van der Waals surface area contributed by atoms with E-state index in [0.29, 0.717) is 18.4 Å². The largest absolute Gasteiger partial charge is 0.472 e. The molecule has 1 N–H and O–H groups in total. The molecule has 0 unspecified atom stereocenters. The van der Waals surface area contributed by atoms with Crippen molar-refractivity contribution in [1.82, 2.24) is 0 Å². The zero-order valence-electron chi connectivity index (χ0n) is 10.8. The maximum atomic E-state index is 8.91. The summed E-state index contributed by atoms with van der Waals surface area (Å²) >= 11 is 0. The molecule has 0 radical (unpaired) electrons. The van der Waals surface area contributed by atoms with Crippen LogP contribution in [0.1, 0.15) is 18.4 Å². The van der Waals surface area contributed by atoms with Crippen LogP contribution in [-0.2, 0) is 0 Å². The molecular weight excluding hydrogens is 236 g/mol. The summed E-state index contributed by atoms with van der Waals surface area (Å²) in [5, 5.41) is 8.91. The molecule has 0 saturated heterocycles. The van der Waals surface area contributed by atoms with E-state index in [1.807, 2.05) is 12.1 Å². The second-order valence-corrected chi connectivity index (χ2v) is 5.13. The van der Waals surface area contributed by atoms with Crippen LogP contribution in [0, 0.1) is 11.8 Å². The van der Waals surface area contributed by atoms with Crippen molar-refractivity contribution in [3.05, 3.63) is 54.5 Å². The molecule has 1 saturated carbocycles. The summed E-state index contributed by atoms with van der Waals surface area (Å²) in [5.74, 6) is 1.33. The van der Waals surface area contributed by atoms with Crippen molar-refractivity contribution in [3.8, 4) is 11.1 Å². The van der Waals surface area contributed by atoms with Crippen molar-refractivity contribution in [3.63, 3.8) is 0 Å². The monoisotopic (exact) mass is 254 g/mol. The van der Waals surface area contributed by atoms with E-state index in [2.05, 4.69) is 30.4 Å². The summed E-state index contributed by atoms with van der Waals surface area (Å²) in [5.41, 5.74) is 3.54. The highest BCUT2D eigenvalue weighted by molar-refractivity contribution is 5.74. The summed E-state index contributed by atoms with van der Waals surface area (Å²) in [4.78, 5) is 0. The summed E-state index contributed by atoms with van der Waals surface area (Å²) < 4.78 is 5.16. The van der Waals surface area contributed by atoms with Gasteiger partial charge in [0.05, 0.1) is 12.5 Å². The van der Waals surface area contributed by atoms with Gasteiger partial charge in [-0.2, -0.15) is 0 Å². The van der Waals surface area contributed by atoms with Gasteiger partial charge in [-0.05, 0) is 41.9 Å². The number of aliphatic hydroxyl groups excluding tert-OH is 1. The summed E-state index contributed by atoms with van der Waals surface area (Å²) in [6, 6.07) is 10.3. The molecule has 19 heavy (non-hydrogen) atoms. The van der Waals surface area contributed by atoms with Gasteiger partial charge < -0.3 is 9.52 Å². The van der Waals surface area contributed by atoms with E-state index < -0.39 is 0 Å². The Balaban J connectivity index is 1.77. The first kappa shape index (κ1) is 12.2. The molecule has 1 heterocycles. The van der Waals surface area contributed by atoms with Gasteiger partial charge in [0.25, 0.3) is 0 Å². The van der Waals surface area contributed by atoms with E-state index in [9.17, 15) is 0 Å². The van der Waals surface area contributed by atoms with Gasteiger partial charge in [0.1, 0.15) is 0 Å². The van der Waals surface area contributed by atoms with Crippen molar-refractivity contribution < 1.29 is 9.52 Å². The maximum Gasteiger partial charge on any atom is 0.0981 e. The van der Waals surface area contributed by atoms with Gasteiger partial charge in [0.15, 0.2) is 0 Å². The smallest absolute Gasteiger partial charge is 0.0981 e. The Labute approximate surface area is 113 Å². The van der Waals surface area contributed by atoms with Crippen LogP contribution in [0.25, 0.3) is 17.2 Å². The summed E-state index contributed by atoms with van der Waals surface area (Å²) in [6.07, 6.45) is 10.1. The van der Waals surface area contributed by atoms with Crippen LogP contribution in [0.3, 0.4) is 0 Å². The minimum absolute atomic E-state index is 0.306. The standard InChI is InChI=1S/C17H18O2/c18-9-7-15-11-14(15)6-5-13-3-1-2-4-17(13)16-8-10-19-12-16/h1-6,8,10,12,14-15,18H,7,9,11H2/b6-5+/t14-,15+/m1/s1. The van der Waals surface area contributed by atoms with Crippen LogP contribution in [0.5, 0.6) is 0 Å². The van der Waals surface area contributed by atoms with Crippen LogP contribution in [0.4, 0.5) is 0 Å². The predicted molar refractivity (Wildman–Crippen MR) is 76.5 cm³/mol. The average molecular weight is 254 g/mol. The lowest BCUT2D eigenvalue weighted by Crippen LogP contribution is -1.86. The topological polar surface area (TPSA) is 33.4 Å². The minimum atomic E-state index is 0.306. The first-order valence-corrected chi connectivity index (χ1v) is 6.79. The molecule has 1 fully saturated rings. The van der Waals surface area contributed by atoms with Gasteiger partial charge in [-0.3, -0.25) is 0 Å². The fraction of sp³-hybridized carbons (Fsp3) is 0.294. The molecule has 1 aromatic heterocycles. The van der Waals surface area contributed by atoms with Crippen molar-refractivity contribution in [2.45, 2.75) is 12.8 Å². The second-order valence-electron chi connectivity index (χ2n) is 5.13. The van der Waals surface area contributed by atoms with Gasteiger partial charge in [-0.25, -0.2) is 0 Å². The fourth-order valence-corrected chi connectivity index (χ4v) is 2.55. The number of furan rings is 1.